The molecule has 3 rings (SSSR count). The maximum atomic E-state index is 5.15. The molecule has 2 heteroatoms. The lowest BCUT2D eigenvalue weighted by atomic mass is 10.0. The van der Waals surface area contributed by atoms with Crippen LogP contribution < -0.4 is 4.74 Å². The molecule has 0 radical (unpaired) electrons. The zero-order valence-electron chi connectivity index (χ0n) is 13.1. The van der Waals surface area contributed by atoms with Crippen LogP contribution in [0.15, 0.2) is 83.9 Å². The van der Waals surface area contributed by atoms with E-state index in [2.05, 4.69) is 53.5 Å². The summed E-state index contributed by atoms with van der Waals surface area (Å²) < 4.78 is 5.15. The number of ether oxygens (including phenoxy) is 1. The smallest absolute Gasteiger partial charge is 0.118 e. The summed E-state index contributed by atoms with van der Waals surface area (Å²) in [7, 11) is 1.67. The molecule has 0 heterocycles. The number of methoxy groups -OCH3 is 1. The van der Waals surface area contributed by atoms with Crippen molar-refractivity contribution in [1.29, 1.82) is 0 Å². The highest BCUT2D eigenvalue weighted by Gasteiger charge is 1.96. The maximum Gasteiger partial charge on any atom is 0.118 e. The van der Waals surface area contributed by atoms with Crippen molar-refractivity contribution in [3.63, 3.8) is 0 Å². The monoisotopic (exact) mass is 301 g/mol. The van der Waals surface area contributed by atoms with Gasteiger partial charge >= 0.3 is 0 Å². The largest absolute Gasteiger partial charge is 0.497 e. The van der Waals surface area contributed by atoms with Gasteiger partial charge in [0.15, 0.2) is 0 Å². The third kappa shape index (κ3) is 4.07. The van der Waals surface area contributed by atoms with Crippen molar-refractivity contribution < 1.29 is 4.74 Å². The van der Waals surface area contributed by atoms with Gasteiger partial charge in [-0.15, -0.1) is 0 Å². The molecule has 0 saturated heterocycles. The molecule has 23 heavy (non-hydrogen) atoms. The van der Waals surface area contributed by atoms with Gasteiger partial charge in [0.05, 0.1) is 13.7 Å². The molecule has 0 aliphatic heterocycles. The van der Waals surface area contributed by atoms with Crippen LogP contribution in [-0.2, 0) is 6.54 Å². The third-order valence-electron chi connectivity index (χ3n) is 3.69. The van der Waals surface area contributed by atoms with Crippen LogP contribution in [0, 0.1) is 0 Å². The van der Waals surface area contributed by atoms with Gasteiger partial charge in [-0.25, -0.2) is 0 Å². The molecule has 0 aliphatic carbocycles. The van der Waals surface area contributed by atoms with Crippen LogP contribution >= 0.6 is 0 Å². The Morgan fingerprint density at radius 2 is 1.43 bits per heavy atom. The Hall–Kier alpha value is -2.87. The minimum absolute atomic E-state index is 0.671. The average molecular weight is 301 g/mol. The topological polar surface area (TPSA) is 21.6 Å². The van der Waals surface area contributed by atoms with Crippen molar-refractivity contribution >= 4 is 6.21 Å². The molecule has 0 aliphatic rings. The van der Waals surface area contributed by atoms with Gasteiger partial charge in [-0.05, 0) is 34.4 Å². The lowest BCUT2D eigenvalue weighted by Gasteiger charge is -2.02. The van der Waals surface area contributed by atoms with E-state index in [1.54, 1.807) is 7.11 Å². The molecule has 0 bridgehead atoms. The van der Waals surface area contributed by atoms with E-state index in [1.807, 2.05) is 36.5 Å². The van der Waals surface area contributed by atoms with Crippen LogP contribution in [0.25, 0.3) is 11.1 Å². The lowest BCUT2D eigenvalue weighted by molar-refractivity contribution is 0.414. The van der Waals surface area contributed by atoms with Crippen molar-refractivity contribution in [1.82, 2.24) is 0 Å². The number of nitrogens with zero attached hydrogens (tertiary/aromatic N) is 1. The quantitative estimate of drug-likeness (QED) is 0.609. The second-order valence-corrected chi connectivity index (χ2v) is 5.31. The second-order valence-electron chi connectivity index (χ2n) is 5.31. The van der Waals surface area contributed by atoms with E-state index in [0.717, 1.165) is 11.3 Å². The number of aliphatic imine (C=N–C) groups is 1. The van der Waals surface area contributed by atoms with Gasteiger partial charge in [0.1, 0.15) is 5.75 Å². The predicted octanol–water partition coefficient (Wildman–Crippen LogP) is 4.98. The first-order valence-electron chi connectivity index (χ1n) is 7.63. The first-order valence-corrected chi connectivity index (χ1v) is 7.63. The fourth-order valence-corrected chi connectivity index (χ4v) is 2.38. The van der Waals surface area contributed by atoms with Crippen molar-refractivity contribution in [3.8, 4) is 16.9 Å². The molecule has 0 atom stereocenters. The number of hydrogen-bond acceptors (Lipinski definition) is 2. The SMILES string of the molecule is COc1ccc(CN=Cc2ccc(-c3ccccc3)cc2)cc1. The summed E-state index contributed by atoms with van der Waals surface area (Å²) in [6.45, 7) is 0.671. The van der Waals surface area contributed by atoms with E-state index >= 15 is 0 Å². The van der Waals surface area contributed by atoms with E-state index in [9.17, 15) is 0 Å². The van der Waals surface area contributed by atoms with Gasteiger partial charge in [0.25, 0.3) is 0 Å². The Kier molecular flexibility index (Phi) is 4.85. The highest BCUT2D eigenvalue weighted by Crippen LogP contribution is 2.18. The van der Waals surface area contributed by atoms with Gasteiger partial charge in [-0.3, -0.25) is 4.99 Å². The van der Waals surface area contributed by atoms with E-state index < -0.39 is 0 Å². The molecule has 0 aromatic heterocycles. The highest BCUT2D eigenvalue weighted by molar-refractivity contribution is 5.81. The summed E-state index contributed by atoms with van der Waals surface area (Å²) in [4.78, 5) is 4.50. The predicted molar refractivity (Wildman–Crippen MR) is 96.2 cm³/mol. The van der Waals surface area contributed by atoms with Gasteiger partial charge in [-0.2, -0.15) is 0 Å². The Bertz CT molecular complexity index is 759. The van der Waals surface area contributed by atoms with E-state index in [1.165, 1.54) is 16.7 Å². The molecule has 0 fully saturated rings. The molecule has 3 aromatic carbocycles. The molecule has 2 nitrogen and oxygen atoms in total. The summed E-state index contributed by atoms with van der Waals surface area (Å²) >= 11 is 0. The number of hydrogen-bond donors (Lipinski definition) is 0. The first-order chi connectivity index (χ1) is 11.3. The first kappa shape index (κ1) is 15.0. The summed E-state index contributed by atoms with van der Waals surface area (Å²) in [5.74, 6) is 0.870. The average Bonchev–Trinajstić information content (AvgIpc) is 2.64. The standard InChI is InChI=1S/C21H19NO/c1-23-21-13-9-18(10-14-21)16-22-15-17-7-11-20(12-8-17)19-5-3-2-4-6-19/h2-15H,16H2,1H3. The molecule has 0 spiro atoms. The Morgan fingerprint density at radius 1 is 0.783 bits per heavy atom. The summed E-state index contributed by atoms with van der Waals surface area (Å²) in [5, 5.41) is 0. The van der Waals surface area contributed by atoms with Crippen molar-refractivity contribution in [2.45, 2.75) is 6.54 Å². The minimum atomic E-state index is 0.671. The third-order valence-corrected chi connectivity index (χ3v) is 3.69. The van der Waals surface area contributed by atoms with Crippen LogP contribution in [0.2, 0.25) is 0 Å². The minimum Gasteiger partial charge on any atom is -0.497 e. The van der Waals surface area contributed by atoms with Crippen molar-refractivity contribution in [2.75, 3.05) is 7.11 Å². The lowest BCUT2D eigenvalue weighted by Crippen LogP contribution is -1.87. The molecule has 114 valence electrons. The molecule has 3 aromatic rings. The fraction of sp³-hybridized carbons (Fsp3) is 0.0952. The van der Waals surface area contributed by atoms with Gasteiger partial charge in [0, 0.05) is 6.21 Å². The molecule has 0 unspecified atom stereocenters. The number of benzene rings is 3. The maximum absolute atomic E-state index is 5.15. The summed E-state index contributed by atoms with van der Waals surface area (Å²) in [5.41, 5.74) is 4.73. The van der Waals surface area contributed by atoms with E-state index in [4.69, 9.17) is 4.74 Å². The number of rotatable bonds is 5. The molecule has 0 saturated carbocycles. The van der Waals surface area contributed by atoms with Crippen LogP contribution in [0.4, 0.5) is 0 Å². The molecular weight excluding hydrogens is 282 g/mol. The molecule has 0 N–H and O–H groups in total. The zero-order chi connectivity index (χ0) is 15.9. The Balaban J connectivity index is 1.63. The van der Waals surface area contributed by atoms with Crippen LogP contribution in [0.3, 0.4) is 0 Å². The molecular formula is C21H19NO. The normalized spacial score (nSPS) is 10.8. The van der Waals surface area contributed by atoms with Gasteiger partial charge in [0.2, 0.25) is 0 Å². The Labute approximate surface area is 137 Å². The Morgan fingerprint density at radius 3 is 2.09 bits per heavy atom. The fourth-order valence-electron chi connectivity index (χ4n) is 2.38. The van der Waals surface area contributed by atoms with Gasteiger partial charge < -0.3 is 4.74 Å². The van der Waals surface area contributed by atoms with Crippen LogP contribution in [0.1, 0.15) is 11.1 Å². The second kappa shape index (κ2) is 7.41. The van der Waals surface area contributed by atoms with Crippen LogP contribution in [-0.4, -0.2) is 13.3 Å². The highest BCUT2D eigenvalue weighted by atomic mass is 16.5. The zero-order valence-corrected chi connectivity index (χ0v) is 13.1. The van der Waals surface area contributed by atoms with Crippen LogP contribution in [0.5, 0.6) is 5.75 Å². The summed E-state index contributed by atoms with van der Waals surface area (Å²) in [6, 6.07) is 26.8. The van der Waals surface area contributed by atoms with E-state index in [0.29, 0.717) is 6.54 Å². The summed E-state index contributed by atoms with van der Waals surface area (Å²) in [6.07, 6.45) is 1.92. The van der Waals surface area contributed by atoms with Crippen molar-refractivity contribution in [2.24, 2.45) is 4.99 Å². The van der Waals surface area contributed by atoms with Gasteiger partial charge in [-0.1, -0.05) is 66.7 Å². The van der Waals surface area contributed by atoms with E-state index in [-0.39, 0.29) is 0 Å². The van der Waals surface area contributed by atoms with Crippen molar-refractivity contribution in [3.05, 3.63) is 90.0 Å². The molecule has 0 amide bonds.